The standard InChI is InChI=1S/C19H21N5OS/c1-13-17(24-14-7-3-4-8-15(14)26-19(24)20-13)18-22-21-16(25-18)9-12-23-10-5-2-6-11-23/h3-4,7-8H,2,5-6,9-12H2,1H3. The molecule has 1 fully saturated rings. The molecule has 3 aromatic heterocycles. The molecule has 5 rings (SSSR count). The van der Waals surface area contributed by atoms with Crippen LogP contribution in [0.15, 0.2) is 28.7 Å². The lowest BCUT2D eigenvalue weighted by Gasteiger charge is -2.25. The average molecular weight is 367 g/mol. The Bertz CT molecular complexity index is 1060. The van der Waals surface area contributed by atoms with E-state index >= 15 is 0 Å². The molecule has 0 atom stereocenters. The molecule has 6 nitrogen and oxygen atoms in total. The first-order valence-corrected chi connectivity index (χ1v) is 10.0. The van der Waals surface area contributed by atoms with Crippen LogP contribution in [0, 0.1) is 6.92 Å². The zero-order chi connectivity index (χ0) is 17.5. The molecule has 26 heavy (non-hydrogen) atoms. The van der Waals surface area contributed by atoms with Crippen LogP contribution in [0.25, 0.3) is 26.8 Å². The Balaban J connectivity index is 1.46. The highest BCUT2D eigenvalue weighted by Gasteiger charge is 2.21. The van der Waals surface area contributed by atoms with E-state index in [1.807, 2.05) is 13.0 Å². The van der Waals surface area contributed by atoms with Gasteiger partial charge < -0.3 is 9.32 Å². The van der Waals surface area contributed by atoms with Crippen LogP contribution in [0.2, 0.25) is 0 Å². The van der Waals surface area contributed by atoms with Gasteiger partial charge in [-0.1, -0.05) is 29.9 Å². The highest BCUT2D eigenvalue weighted by Crippen LogP contribution is 2.33. The van der Waals surface area contributed by atoms with E-state index in [9.17, 15) is 0 Å². The summed E-state index contributed by atoms with van der Waals surface area (Å²) < 4.78 is 9.37. The quantitative estimate of drug-likeness (QED) is 0.547. The van der Waals surface area contributed by atoms with Crippen molar-refractivity contribution in [3.05, 3.63) is 35.9 Å². The number of rotatable bonds is 4. The van der Waals surface area contributed by atoms with Gasteiger partial charge in [0.2, 0.25) is 5.89 Å². The predicted octanol–water partition coefficient (Wildman–Crippen LogP) is 3.94. The Morgan fingerprint density at radius 3 is 2.85 bits per heavy atom. The van der Waals surface area contributed by atoms with Crippen molar-refractivity contribution >= 4 is 26.5 Å². The lowest BCUT2D eigenvalue weighted by Crippen LogP contribution is -2.31. The molecule has 4 aromatic rings. The van der Waals surface area contributed by atoms with Crippen LogP contribution in [0.1, 0.15) is 30.8 Å². The second-order valence-corrected chi connectivity index (χ2v) is 7.90. The van der Waals surface area contributed by atoms with Crippen molar-refractivity contribution in [3.63, 3.8) is 0 Å². The van der Waals surface area contributed by atoms with Crippen molar-refractivity contribution < 1.29 is 4.42 Å². The Labute approximate surface area is 155 Å². The lowest BCUT2D eigenvalue weighted by molar-refractivity contribution is 0.226. The van der Waals surface area contributed by atoms with E-state index in [2.05, 4.69) is 37.7 Å². The third-order valence-corrected chi connectivity index (χ3v) is 6.11. The monoisotopic (exact) mass is 367 g/mol. The second-order valence-electron chi connectivity index (χ2n) is 6.89. The van der Waals surface area contributed by atoms with Gasteiger partial charge in [0, 0.05) is 13.0 Å². The van der Waals surface area contributed by atoms with Gasteiger partial charge in [0.15, 0.2) is 4.96 Å². The van der Waals surface area contributed by atoms with Crippen molar-refractivity contribution in [1.29, 1.82) is 0 Å². The van der Waals surface area contributed by atoms with E-state index in [0.717, 1.165) is 34.8 Å². The fourth-order valence-electron chi connectivity index (χ4n) is 3.76. The molecule has 0 amide bonds. The lowest BCUT2D eigenvalue weighted by atomic mass is 10.1. The maximum atomic E-state index is 6.02. The summed E-state index contributed by atoms with van der Waals surface area (Å²) in [4.78, 5) is 8.15. The van der Waals surface area contributed by atoms with Crippen LogP contribution in [-0.4, -0.2) is 44.1 Å². The number of hydrogen-bond donors (Lipinski definition) is 0. The van der Waals surface area contributed by atoms with E-state index < -0.39 is 0 Å². The molecular formula is C19H21N5OS. The largest absolute Gasteiger partial charge is 0.419 e. The molecule has 0 radical (unpaired) electrons. The zero-order valence-corrected chi connectivity index (χ0v) is 15.6. The molecule has 134 valence electrons. The zero-order valence-electron chi connectivity index (χ0n) is 14.8. The van der Waals surface area contributed by atoms with Gasteiger partial charge in [0.05, 0.1) is 15.9 Å². The van der Waals surface area contributed by atoms with Crippen molar-refractivity contribution in [1.82, 2.24) is 24.5 Å². The summed E-state index contributed by atoms with van der Waals surface area (Å²) in [5.74, 6) is 1.27. The van der Waals surface area contributed by atoms with Crippen LogP contribution < -0.4 is 0 Å². The minimum absolute atomic E-state index is 0.562. The van der Waals surface area contributed by atoms with Gasteiger partial charge >= 0.3 is 0 Å². The van der Waals surface area contributed by atoms with Crippen LogP contribution in [0.4, 0.5) is 0 Å². The number of imidazole rings is 1. The fourth-order valence-corrected chi connectivity index (χ4v) is 4.83. The van der Waals surface area contributed by atoms with E-state index in [0.29, 0.717) is 11.8 Å². The summed E-state index contributed by atoms with van der Waals surface area (Å²) in [5, 5.41) is 8.62. The predicted molar refractivity (Wildman–Crippen MR) is 103 cm³/mol. The summed E-state index contributed by atoms with van der Waals surface area (Å²) in [6.07, 6.45) is 4.76. The number of thiazole rings is 1. The summed E-state index contributed by atoms with van der Waals surface area (Å²) in [5.41, 5.74) is 2.97. The number of aromatic nitrogens is 4. The van der Waals surface area contributed by atoms with Gasteiger partial charge in [-0.25, -0.2) is 4.98 Å². The topological polar surface area (TPSA) is 59.5 Å². The molecule has 0 unspecified atom stereocenters. The molecule has 1 aliphatic heterocycles. The van der Waals surface area contributed by atoms with Crippen LogP contribution in [-0.2, 0) is 6.42 Å². The van der Waals surface area contributed by atoms with Gasteiger partial charge in [-0.15, -0.1) is 10.2 Å². The molecule has 1 aliphatic rings. The van der Waals surface area contributed by atoms with Crippen LogP contribution in [0.5, 0.6) is 0 Å². The average Bonchev–Trinajstić information content (AvgIpc) is 3.34. The number of benzene rings is 1. The first kappa shape index (κ1) is 16.0. The number of hydrogen-bond acceptors (Lipinski definition) is 6. The molecule has 0 N–H and O–H groups in total. The highest BCUT2D eigenvalue weighted by atomic mass is 32.1. The van der Waals surface area contributed by atoms with Gasteiger partial charge in [0.1, 0.15) is 5.69 Å². The third-order valence-electron chi connectivity index (χ3n) is 5.09. The number of nitrogens with zero attached hydrogens (tertiary/aromatic N) is 5. The number of fused-ring (bicyclic) bond motifs is 3. The van der Waals surface area contributed by atoms with Crippen LogP contribution >= 0.6 is 11.3 Å². The van der Waals surface area contributed by atoms with E-state index in [-0.39, 0.29) is 0 Å². The summed E-state index contributed by atoms with van der Waals surface area (Å²) in [6.45, 7) is 5.36. The molecule has 4 heterocycles. The maximum Gasteiger partial charge on any atom is 0.266 e. The second kappa shape index (κ2) is 6.48. The van der Waals surface area contributed by atoms with Gasteiger partial charge in [-0.2, -0.15) is 0 Å². The smallest absolute Gasteiger partial charge is 0.266 e. The molecule has 0 saturated carbocycles. The minimum Gasteiger partial charge on any atom is -0.419 e. The van der Waals surface area contributed by atoms with E-state index in [1.165, 1.54) is 37.1 Å². The molecule has 1 saturated heterocycles. The van der Waals surface area contributed by atoms with Gasteiger partial charge in [-0.3, -0.25) is 4.40 Å². The SMILES string of the molecule is Cc1nc2sc3ccccc3n2c1-c1nnc(CCN2CCCCC2)o1. The Morgan fingerprint density at radius 1 is 1.12 bits per heavy atom. The molecule has 7 heteroatoms. The molecule has 0 spiro atoms. The van der Waals surface area contributed by atoms with Crippen molar-refractivity contribution in [2.45, 2.75) is 32.6 Å². The molecular weight excluding hydrogens is 346 g/mol. The van der Waals surface area contributed by atoms with Crippen LogP contribution in [0.3, 0.4) is 0 Å². The summed E-state index contributed by atoms with van der Waals surface area (Å²) in [7, 11) is 0. The maximum absolute atomic E-state index is 6.02. The Kier molecular flexibility index (Phi) is 3.98. The number of likely N-dealkylation sites (tertiary alicyclic amines) is 1. The molecule has 0 aliphatic carbocycles. The number of piperidine rings is 1. The molecule has 1 aromatic carbocycles. The number of aryl methyl sites for hydroxylation is 1. The first-order valence-electron chi connectivity index (χ1n) is 9.21. The molecule has 0 bridgehead atoms. The normalized spacial score (nSPS) is 16.0. The third kappa shape index (κ3) is 2.71. The van der Waals surface area contributed by atoms with Crippen molar-refractivity contribution in [2.75, 3.05) is 19.6 Å². The number of para-hydroxylation sites is 1. The van der Waals surface area contributed by atoms with E-state index in [4.69, 9.17) is 9.40 Å². The Hall–Kier alpha value is -2.25. The highest BCUT2D eigenvalue weighted by molar-refractivity contribution is 7.23. The fraction of sp³-hybridized carbons (Fsp3) is 0.421. The summed E-state index contributed by atoms with van der Waals surface area (Å²) >= 11 is 1.68. The van der Waals surface area contributed by atoms with Crippen molar-refractivity contribution in [2.24, 2.45) is 0 Å². The Morgan fingerprint density at radius 2 is 1.96 bits per heavy atom. The first-order chi connectivity index (χ1) is 12.8. The van der Waals surface area contributed by atoms with Crippen molar-refractivity contribution in [3.8, 4) is 11.6 Å². The van der Waals surface area contributed by atoms with Gasteiger partial charge in [0.25, 0.3) is 5.89 Å². The summed E-state index contributed by atoms with van der Waals surface area (Å²) in [6, 6.07) is 8.32. The minimum atomic E-state index is 0.562. The van der Waals surface area contributed by atoms with E-state index in [1.54, 1.807) is 11.3 Å². The van der Waals surface area contributed by atoms with Gasteiger partial charge in [-0.05, 0) is 45.0 Å².